The van der Waals surface area contributed by atoms with Gasteiger partial charge < -0.3 is 10.4 Å². The van der Waals surface area contributed by atoms with Gasteiger partial charge in [0.2, 0.25) is 0 Å². The average molecular weight is 323 g/mol. The first-order chi connectivity index (χ1) is 10.5. The summed E-state index contributed by atoms with van der Waals surface area (Å²) in [4.78, 5) is 23.6. The van der Waals surface area contributed by atoms with Gasteiger partial charge in [-0.1, -0.05) is 23.5 Å². The number of hydrogen-bond acceptors (Lipinski definition) is 5. The molecule has 0 fully saturated rings. The van der Waals surface area contributed by atoms with Gasteiger partial charge in [-0.05, 0) is 35.6 Å². The Labute approximate surface area is 130 Å². The van der Waals surface area contributed by atoms with Crippen molar-refractivity contribution in [2.45, 2.75) is 25.8 Å². The highest BCUT2D eigenvalue weighted by molar-refractivity contribution is 7.08. The van der Waals surface area contributed by atoms with Crippen LogP contribution in [0.15, 0.2) is 24.3 Å². The fraction of sp³-hybridized carbons (Fsp3) is 0.286. The van der Waals surface area contributed by atoms with Crippen LogP contribution in [0.25, 0.3) is 0 Å². The number of carboxylic acids is 1. The molecule has 0 saturated carbocycles. The Morgan fingerprint density at radius 2 is 2.05 bits per heavy atom. The van der Waals surface area contributed by atoms with Gasteiger partial charge in [0.05, 0.1) is 18.2 Å². The van der Waals surface area contributed by atoms with E-state index < -0.39 is 23.7 Å². The minimum atomic E-state index is -1.06. The number of nitrogens with one attached hydrogen (secondary N) is 1. The van der Waals surface area contributed by atoms with E-state index in [0.717, 1.165) is 11.5 Å². The van der Waals surface area contributed by atoms with Crippen molar-refractivity contribution in [2.24, 2.45) is 0 Å². The van der Waals surface area contributed by atoms with Gasteiger partial charge in [-0.2, -0.15) is 0 Å². The molecule has 1 heterocycles. The van der Waals surface area contributed by atoms with Crippen LogP contribution in [-0.4, -0.2) is 26.6 Å². The van der Waals surface area contributed by atoms with E-state index in [4.69, 9.17) is 5.11 Å². The summed E-state index contributed by atoms with van der Waals surface area (Å²) in [5.74, 6) is -1.92. The number of amides is 1. The maximum atomic E-state index is 13.0. The predicted octanol–water partition coefficient (Wildman–Crippen LogP) is 2.19. The number of aliphatic carboxylic acids is 1. The summed E-state index contributed by atoms with van der Waals surface area (Å²) in [6.07, 6.45) is 0.254. The number of carboxylic acid groups (broad SMARTS) is 1. The third-order valence-corrected chi connectivity index (χ3v) is 3.82. The monoisotopic (exact) mass is 323 g/mol. The third-order valence-electron chi connectivity index (χ3n) is 3.05. The second kappa shape index (κ2) is 7.08. The van der Waals surface area contributed by atoms with E-state index in [1.165, 1.54) is 24.3 Å². The quantitative estimate of drug-likeness (QED) is 0.850. The Kier molecular flexibility index (Phi) is 5.16. The van der Waals surface area contributed by atoms with Gasteiger partial charge in [-0.15, -0.1) is 5.10 Å². The summed E-state index contributed by atoms with van der Waals surface area (Å²) in [5, 5.41) is 15.5. The fourth-order valence-corrected chi connectivity index (χ4v) is 2.61. The van der Waals surface area contributed by atoms with Gasteiger partial charge in [-0.3, -0.25) is 9.59 Å². The first-order valence-electron chi connectivity index (χ1n) is 6.60. The molecule has 8 heteroatoms. The molecule has 6 nitrogen and oxygen atoms in total. The summed E-state index contributed by atoms with van der Waals surface area (Å²) in [5.41, 5.74) is 1.09. The van der Waals surface area contributed by atoms with Crippen LogP contribution in [0.1, 0.15) is 40.3 Å². The highest BCUT2D eigenvalue weighted by Gasteiger charge is 2.22. The Morgan fingerprint density at radius 1 is 1.36 bits per heavy atom. The van der Waals surface area contributed by atoms with Gasteiger partial charge in [0.1, 0.15) is 10.7 Å². The fourth-order valence-electron chi connectivity index (χ4n) is 1.96. The molecule has 22 heavy (non-hydrogen) atoms. The normalized spacial score (nSPS) is 11.9. The average Bonchev–Trinajstić information content (AvgIpc) is 2.95. The van der Waals surface area contributed by atoms with Crippen LogP contribution < -0.4 is 5.32 Å². The molecule has 0 aliphatic rings. The Hall–Kier alpha value is -2.35. The van der Waals surface area contributed by atoms with E-state index in [2.05, 4.69) is 14.9 Å². The number of aryl methyl sites for hydroxylation is 1. The van der Waals surface area contributed by atoms with Crippen molar-refractivity contribution in [3.63, 3.8) is 0 Å². The largest absolute Gasteiger partial charge is 0.481 e. The SMILES string of the molecule is CCc1nnsc1C(=O)NC(CC(=O)O)c1ccc(F)cc1. The molecule has 1 unspecified atom stereocenters. The zero-order valence-corrected chi connectivity index (χ0v) is 12.6. The van der Waals surface area contributed by atoms with Crippen molar-refractivity contribution >= 4 is 23.4 Å². The number of nitrogens with zero attached hydrogens (tertiary/aromatic N) is 2. The van der Waals surface area contributed by atoms with Crippen molar-refractivity contribution in [2.75, 3.05) is 0 Å². The van der Waals surface area contributed by atoms with Gasteiger partial charge in [0, 0.05) is 0 Å². The molecule has 1 amide bonds. The first-order valence-corrected chi connectivity index (χ1v) is 7.38. The third kappa shape index (κ3) is 3.85. The van der Waals surface area contributed by atoms with E-state index in [1.54, 1.807) is 0 Å². The van der Waals surface area contributed by atoms with Crippen molar-refractivity contribution < 1.29 is 19.1 Å². The van der Waals surface area contributed by atoms with Crippen LogP contribution >= 0.6 is 11.5 Å². The number of rotatable bonds is 6. The number of carbonyl (C=O) groups excluding carboxylic acids is 1. The number of aromatic nitrogens is 2. The molecule has 0 bridgehead atoms. The van der Waals surface area contributed by atoms with E-state index in [1.807, 2.05) is 6.92 Å². The molecule has 2 rings (SSSR count). The molecule has 116 valence electrons. The molecule has 0 saturated heterocycles. The van der Waals surface area contributed by atoms with E-state index in [-0.39, 0.29) is 6.42 Å². The van der Waals surface area contributed by atoms with E-state index in [0.29, 0.717) is 22.6 Å². The van der Waals surface area contributed by atoms with Crippen LogP contribution in [0.4, 0.5) is 4.39 Å². The van der Waals surface area contributed by atoms with Crippen LogP contribution in [0.2, 0.25) is 0 Å². The van der Waals surface area contributed by atoms with Gasteiger partial charge in [0.25, 0.3) is 5.91 Å². The Bertz CT molecular complexity index is 672. The van der Waals surface area contributed by atoms with Crippen LogP contribution in [-0.2, 0) is 11.2 Å². The van der Waals surface area contributed by atoms with E-state index >= 15 is 0 Å². The molecule has 2 aromatic rings. The van der Waals surface area contributed by atoms with Gasteiger partial charge in [0.15, 0.2) is 0 Å². The van der Waals surface area contributed by atoms with Crippen LogP contribution in [0.3, 0.4) is 0 Å². The first kappa shape index (κ1) is 16.0. The smallest absolute Gasteiger partial charge is 0.305 e. The van der Waals surface area contributed by atoms with Gasteiger partial charge in [-0.25, -0.2) is 4.39 Å². The zero-order valence-electron chi connectivity index (χ0n) is 11.7. The number of carbonyl (C=O) groups is 2. The zero-order chi connectivity index (χ0) is 16.1. The Balaban J connectivity index is 2.21. The second-order valence-corrected chi connectivity index (χ2v) is 5.33. The summed E-state index contributed by atoms with van der Waals surface area (Å²) < 4.78 is 16.7. The summed E-state index contributed by atoms with van der Waals surface area (Å²) in [6.45, 7) is 1.85. The highest BCUT2D eigenvalue weighted by atomic mass is 32.1. The maximum absolute atomic E-state index is 13.0. The molecular weight excluding hydrogens is 309 g/mol. The van der Waals surface area contributed by atoms with E-state index in [9.17, 15) is 14.0 Å². The Morgan fingerprint density at radius 3 is 2.64 bits per heavy atom. The predicted molar refractivity (Wildman–Crippen MR) is 78.1 cm³/mol. The number of hydrogen-bond donors (Lipinski definition) is 2. The molecule has 0 spiro atoms. The molecule has 0 aliphatic carbocycles. The molecule has 0 aliphatic heterocycles. The van der Waals surface area contributed by atoms with Crippen molar-refractivity contribution in [1.82, 2.24) is 14.9 Å². The topological polar surface area (TPSA) is 92.2 Å². The lowest BCUT2D eigenvalue weighted by atomic mass is 10.0. The van der Waals surface area contributed by atoms with Gasteiger partial charge >= 0.3 is 5.97 Å². The van der Waals surface area contributed by atoms with Crippen molar-refractivity contribution in [3.05, 3.63) is 46.2 Å². The number of halogens is 1. The summed E-state index contributed by atoms with van der Waals surface area (Å²) in [7, 11) is 0. The van der Waals surface area contributed by atoms with Crippen LogP contribution in [0, 0.1) is 5.82 Å². The summed E-state index contributed by atoms with van der Waals surface area (Å²) in [6, 6.07) is 4.60. The lowest BCUT2D eigenvalue weighted by Crippen LogP contribution is -2.30. The highest BCUT2D eigenvalue weighted by Crippen LogP contribution is 2.20. The van der Waals surface area contributed by atoms with Crippen molar-refractivity contribution in [3.8, 4) is 0 Å². The number of benzene rings is 1. The molecule has 1 atom stereocenters. The van der Waals surface area contributed by atoms with Crippen molar-refractivity contribution in [1.29, 1.82) is 0 Å². The minimum Gasteiger partial charge on any atom is -0.481 e. The lowest BCUT2D eigenvalue weighted by molar-refractivity contribution is -0.137. The molecular formula is C14H14FN3O3S. The minimum absolute atomic E-state index is 0.301. The molecule has 0 radical (unpaired) electrons. The molecule has 1 aromatic heterocycles. The maximum Gasteiger partial charge on any atom is 0.305 e. The summed E-state index contributed by atoms with van der Waals surface area (Å²) >= 11 is 0.960. The second-order valence-electron chi connectivity index (χ2n) is 4.58. The lowest BCUT2D eigenvalue weighted by Gasteiger charge is -2.17. The standard InChI is InChI=1S/C14H14FN3O3S/c1-2-10-13(22-18-17-10)14(21)16-11(7-12(19)20)8-3-5-9(15)6-4-8/h3-6,11H,2,7H2,1H3,(H,16,21)(H,19,20). The van der Waals surface area contributed by atoms with Crippen LogP contribution in [0.5, 0.6) is 0 Å². The molecule has 1 aromatic carbocycles. The molecule has 2 N–H and O–H groups in total.